The van der Waals surface area contributed by atoms with Gasteiger partial charge in [0, 0.05) is 24.8 Å². The van der Waals surface area contributed by atoms with Gasteiger partial charge in [0.05, 0.1) is 22.8 Å². The lowest BCUT2D eigenvalue weighted by molar-refractivity contribution is -0.135. The van der Waals surface area contributed by atoms with E-state index in [-0.39, 0.29) is 24.8 Å². The van der Waals surface area contributed by atoms with Gasteiger partial charge in [-0.05, 0) is 52.1 Å². The fourth-order valence-electron chi connectivity index (χ4n) is 5.76. The van der Waals surface area contributed by atoms with Crippen molar-refractivity contribution in [2.45, 2.75) is 51.7 Å². The molecule has 0 radical (unpaired) electrons. The van der Waals surface area contributed by atoms with Crippen LogP contribution in [0, 0.1) is 5.41 Å². The smallest absolute Gasteiger partial charge is 0.409 e. The van der Waals surface area contributed by atoms with E-state index in [2.05, 4.69) is 10.1 Å². The van der Waals surface area contributed by atoms with Crippen molar-refractivity contribution in [3.05, 3.63) is 76.6 Å². The maximum atomic E-state index is 14.8. The topological polar surface area (TPSA) is 170 Å². The summed E-state index contributed by atoms with van der Waals surface area (Å²) in [5.41, 5.74) is 13.4. The Morgan fingerprint density at radius 2 is 1.89 bits per heavy atom. The van der Waals surface area contributed by atoms with Gasteiger partial charge < -0.3 is 21.1 Å². The van der Waals surface area contributed by atoms with E-state index in [0.717, 1.165) is 12.8 Å². The van der Waals surface area contributed by atoms with Gasteiger partial charge in [-0.25, -0.2) is 14.5 Å². The Kier molecular flexibility index (Phi) is 9.34. The van der Waals surface area contributed by atoms with Crippen LogP contribution in [0.3, 0.4) is 0 Å². The van der Waals surface area contributed by atoms with Crippen LogP contribution >= 0.6 is 11.6 Å². The molecule has 12 nitrogen and oxygen atoms in total. The van der Waals surface area contributed by atoms with Crippen LogP contribution in [0.1, 0.15) is 62.9 Å². The van der Waals surface area contributed by atoms with Crippen molar-refractivity contribution in [2.75, 3.05) is 19.7 Å². The molecule has 6 N–H and O–H groups in total. The van der Waals surface area contributed by atoms with E-state index in [4.69, 9.17) is 38.2 Å². The number of hydrogen-bond acceptors (Lipinski definition) is 6. The number of aromatic nitrogens is 2. The zero-order valence-electron chi connectivity index (χ0n) is 26.2. The Balaban J connectivity index is 1.56. The van der Waals surface area contributed by atoms with E-state index in [0.29, 0.717) is 50.6 Å². The van der Waals surface area contributed by atoms with Gasteiger partial charge in [-0.15, -0.1) is 0 Å². The van der Waals surface area contributed by atoms with Crippen molar-refractivity contribution >= 4 is 41.7 Å². The van der Waals surface area contributed by atoms with E-state index < -0.39 is 35.5 Å². The molecule has 0 spiro atoms. The highest BCUT2D eigenvalue weighted by molar-refractivity contribution is 6.34. The highest BCUT2D eigenvalue weighted by Gasteiger charge is 2.53. The third kappa shape index (κ3) is 6.82. The lowest BCUT2D eigenvalue weighted by atomic mass is 9.75. The first-order chi connectivity index (χ1) is 22.2. The lowest BCUT2D eigenvalue weighted by Gasteiger charge is -2.35. The SMILES string of the molecule is CC(C)(C)C[C@]1(c2ccc(-c3cnn(C(F)F)c3)cc2)N=C(N)N([C@H](COC(=O)N2CCC2)c2ccc(Cl)c(C(N)=NC=[NH2+])c2)C1=O. The average molecular weight is 669 g/mol. The molecule has 0 aliphatic carbocycles. The molecule has 2 aliphatic heterocycles. The monoisotopic (exact) mass is 668 g/mol. The van der Waals surface area contributed by atoms with E-state index in [1.54, 1.807) is 47.4 Å². The number of amidine groups is 1. The Labute approximate surface area is 275 Å². The van der Waals surface area contributed by atoms with Gasteiger partial charge in [0.25, 0.3) is 12.2 Å². The van der Waals surface area contributed by atoms with Gasteiger partial charge in [-0.3, -0.25) is 15.1 Å². The zero-order valence-corrected chi connectivity index (χ0v) is 27.0. The summed E-state index contributed by atoms with van der Waals surface area (Å²) >= 11 is 6.44. The molecule has 2 amide bonds. The molecule has 0 unspecified atom stereocenters. The number of amides is 2. The Morgan fingerprint density at radius 3 is 2.47 bits per heavy atom. The third-order valence-electron chi connectivity index (χ3n) is 8.06. The molecule has 0 saturated carbocycles. The summed E-state index contributed by atoms with van der Waals surface area (Å²) in [5.74, 6) is -0.451. The van der Waals surface area contributed by atoms with Gasteiger partial charge in [0.2, 0.25) is 5.84 Å². The summed E-state index contributed by atoms with van der Waals surface area (Å²) < 4.78 is 32.5. The number of aliphatic imine (C=N–C) groups is 2. The Morgan fingerprint density at radius 1 is 1.19 bits per heavy atom. The summed E-state index contributed by atoms with van der Waals surface area (Å²) in [6.07, 6.45) is 4.28. The van der Waals surface area contributed by atoms with Crippen molar-refractivity contribution in [2.24, 2.45) is 26.9 Å². The Hall–Kier alpha value is -4.85. The number of likely N-dealkylation sites (tertiary alicyclic amines) is 1. The van der Waals surface area contributed by atoms with Crippen molar-refractivity contribution in [1.82, 2.24) is 19.6 Å². The van der Waals surface area contributed by atoms with Crippen LogP contribution in [0.25, 0.3) is 11.1 Å². The van der Waals surface area contributed by atoms with Crippen LogP contribution in [0.5, 0.6) is 0 Å². The molecule has 47 heavy (non-hydrogen) atoms. The number of ether oxygens (including phenoxy) is 1. The first kappa shape index (κ1) is 33.5. The molecule has 248 valence electrons. The molecular weight excluding hydrogens is 632 g/mol. The number of benzene rings is 2. The number of halogens is 3. The number of hydrogen-bond donors (Lipinski definition) is 3. The summed E-state index contributed by atoms with van der Waals surface area (Å²) in [7, 11) is 0. The summed E-state index contributed by atoms with van der Waals surface area (Å²) in [5, 5.41) is 9.46. The van der Waals surface area contributed by atoms with Gasteiger partial charge in [-0.1, -0.05) is 62.7 Å². The summed E-state index contributed by atoms with van der Waals surface area (Å²) in [4.78, 5) is 39.2. The number of nitrogens with two attached hydrogens (primary N) is 3. The third-order valence-corrected chi connectivity index (χ3v) is 8.39. The quantitative estimate of drug-likeness (QED) is 0.221. The van der Waals surface area contributed by atoms with Crippen molar-refractivity contribution in [3.63, 3.8) is 0 Å². The number of rotatable bonds is 10. The van der Waals surface area contributed by atoms with Crippen LogP contribution in [-0.4, -0.2) is 69.4 Å². The van der Waals surface area contributed by atoms with Gasteiger partial charge in [0.15, 0.2) is 11.5 Å². The largest absolute Gasteiger partial charge is 0.447 e. The first-order valence-electron chi connectivity index (χ1n) is 14.9. The van der Waals surface area contributed by atoms with Gasteiger partial charge in [-0.2, -0.15) is 13.9 Å². The average Bonchev–Trinajstić information content (AvgIpc) is 3.57. The number of nitrogens with zero attached hydrogens (tertiary/aromatic N) is 6. The second kappa shape index (κ2) is 13.1. The van der Waals surface area contributed by atoms with E-state index in [9.17, 15) is 18.4 Å². The van der Waals surface area contributed by atoms with E-state index in [1.807, 2.05) is 20.8 Å². The number of carbonyl (C=O) groups excluding carboxylic acids is 2. The summed E-state index contributed by atoms with van der Waals surface area (Å²) in [6.45, 7) is 4.11. The number of alkyl halides is 2. The lowest BCUT2D eigenvalue weighted by Crippen LogP contribution is -2.48. The standard InChI is InChI=1S/C32H36ClF2N9O3/c1-31(2,3)17-32(22-8-5-19(6-9-22)21-14-40-43(15-21)28(34)35)27(45)44(29(38)41-32)25(16-47-30(46)42-11-4-12-42)20-7-10-24(33)23(13-20)26(37)39-18-36/h5-10,13-15,18,25,28H,4,11-12,16-17H2,1-3H3,(H2,38,41)(H3,36,37,39)/p+1/t25-,32-/m1/s1. The number of guanidine groups is 1. The molecule has 3 aromatic rings. The van der Waals surface area contributed by atoms with Crippen LogP contribution in [0.4, 0.5) is 13.6 Å². The maximum Gasteiger partial charge on any atom is 0.409 e. The highest BCUT2D eigenvalue weighted by Crippen LogP contribution is 2.45. The fourth-order valence-corrected chi connectivity index (χ4v) is 5.98. The molecule has 1 saturated heterocycles. The molecule has 2 atom stereocenters. The van der Waals surface area contributed by atoms with Gasteiger partial charge >= 0.3 is 12.6 Å². The molecule has 2 aromatic carbocycles. The highest BCUT2D eigenvalue weighted by atomic mass is 35.5. The predicted octanol–water partition coefficient (Wildman–Crippen LogP) is 3.46. The molecule has 5 rings (SSSR count). The minimum atomic E-state index is -2.77. The molecule has 1 fully saturated rings. The second-order valence-electron chi connectivity index (χ2n) is 12.6. The van der Waals surface area contributed by atoms with Crippen LogP contribution in [-0.2, 0) is 15.1 Å². The fraction of sp³-hybridized carbons (Fsp3) is 0.375. The minimum Gasteiger partial charge on any atom is -0.447 e. The van der Waals surface area contributed by atoms with Crippen LogP contribution in [0.15, 0.2) is 64.8 Å². The molecule has 0 bridgehead atoms. The minimum absolute atomic E-state index is 0.0475. The van der Waals surface area contributed by atoms with Gasteiger partial charge in [0.1, 0.15) is 6.61 Å². The Bertz CT molecular complexity index is 1730. The zero-order chi connectivity index (χ0) is 34.1. The van der Waals surface area contributed by atoms with Crippen molar-refractivity contribution in [1.29, 1.82) is 0 Å². The van der Waals surface area contributed by atoms with Crippen LogP contribution < -0.4 is 16.9 Å². The number of carbonyl (C=O) groups is 2. The first-order valence-corrected chi connectivity index (χ1v) is 15.3. The van der Waals surface area contributed by atoms with E-state index >= 15 is 0 Å². The molecule has 3 heterocycles. The van der Waals surface area contributed by atoms with E-state index in [1.165, 1.54) is 17.3 Å². The molecule has 2 aliphatic rings. The molecule has 1 aromatic heterocycles. The molecular formula is C32H37ClF2N9O3+. The predicted molar refractivity (Wildman–Crippen MR) is 174 cm³/mol. The maximum absolute atomic E-state index is 14.8. The summed E-state index contributed by atoms with van der Waals surface area (Å²) in [6, 6.07) is 10.9. The second-order valence-corrected chi connectivity index (χ2v) is 13.1. The molecule has 15 heteroatoms. The normalized spacial score (nSPS) is 19.1. The van der Waals surface area contributed by atoms with Crippen LogP contribution in [0.2, 0.25) is 5.02 Å². The van der Waals surface area contributed by atoms with Crippen molar-refractivity contribution in [3.8, 4) is 11.1 Å². The van der Waals surface area contributed by atoms with Crippen molar-refractivity contribution < 1.29 is 28.5 Å².